The van der Waals surface area contributed by atoms with E-state index in [2.05, 4.69) is 41.6 Å². The molecule has 29 heavy (non-hydrogen) atoms. The van der Waals surface area contributed by atoms with Gasteiger partial charge in [-0.3, -0.25) is 10.1 Å². The average Bonchev–Trinajstić information content (AvgIpc) is 3.13. The minimum absolute atomic E-state index is 0.00650. The fourth-order valence-electron chi connectivity index (χ4n) is 4.20. The smallest absolute Gasteiger partial charge is 0.248 e. The molecule has 0 spiro atoms. The quantitative estimate of drug-likeness (QED) is 0.444. The topological polar surface area (TPSA) is 97.4 Å². The van der Waals surface area contributed by atoms with E-state index < -0.39 is 6.10 Å². The van der Waals surface area contributed by atoms with E-state index in [9.17, 15) is 15.0 Å². The van der Waals surface area contributed by atoms with Crippen LogP contribution in [-0.2, 0) is 19.3 Å². The lowest BCUT2D eigenvalue weighted by molar-refractivity contribution is 0.173. The maximum absolute atomic E-state index is 11.6. The zero-order valence-electron chi connectivity index (χ0n) is 16.7. The number of aromatic hydroxyl groups is 1. The molecule has 3 aromatic rings. The van der Waals surface area contributed by atoms with E-state index in [1.807, 2.05) is 0 Å². The Bertz CT molecular complexity index is 1070. The van der Waals surface area contributed by atoms with Gasteiger partial charge in [-0.25, -0.2) is 0 Å². The number of hydrogen-bond donors (Lipinski definition) is 5. The summed E-state index contributed by atoms with van der Waals surface area (Å²) in [6, 6.07) is 10.8. The normalized spacial score (nSPS) is 16.6. The molecule has 4 rings (SSSR count). The fraction of sp³-hybridized carbons (Fsp3) is 0.348. The Balaban J connectivity index is 1.48. The number of fused-ring (bicyclic) bond motifs is 2. The van der Waals surface area contributed by atoms with E-state index in [4.69, 9.17) is 0 Å². The molecular weight excluding hydrogens is 366 g/mol. The van der Waals surface area contributed by atoms with Gasteiger partial charge in [0.25, 0.3) is 0 Å². The molecule has 0 saturated heterocycles. The summed E-state index contributed by atoms with van der Waals surface area (Å²) in [5.74, 6) is -0.00650. The third kappa shape index (κ3) is 3.73. The highest BCUT2D eigenvalue weighted by molar-refractivity contribution is 5.87. The largest absolute Gasteiger partial charge is 0.506 e. The number of benzene rings is 2. The Hall–Kier alpha value is -2.83. The predicted molar refractivity (Wildman–Crippen MR) is 116 cm³/mol. The third-order valence-electron chi connectivity index (χ3n) is 5.76. The summed E-state index contributed by atoms with van der Waals surface area (Å²) in [6.45, 7) is 4.72. The molecule has 0 radical (unpaired) electrons. The number of phenolic OH excluding ortho intramolecular Hbond substituents is 1. The number of aromatic amines is 1. The second-order valence-electron chi connectivity index (χ2n) is 7.60. The fourth-order valence-corrected chi connectivity index (χ4v) is 4.20. The summed E-state index contributed by atoms with van der Waals surface area (Å²) in [7, 11) is 0. The van der Waals surface area contributed by atoms with Crippen molar-refractivity contribution in [2.45, 2.75) is 45.4 Å². The number of aryl methyl sites for hydroxylation is 2. The SMILES string of the molecule is CCc1cc2c(cc1CC)NC(NC[C@H](O)c1ccc(O)c3[nH]c(=O)ccc13)C2. The van der Waals surface area contributed by atoms with Crippen molar-refractivity contribution in [1.29, 1.82) is 0 Å². The molecule has 2 atom stereocenters. The van der Waals surface area contributed by atoms with Gasteiger partial charge in [-0.1, -0.05) is 26.0 Å². The highest BCUT2D eigenvalue weighted by Crippen LogP contribution is 2.31. The molecule has 5 N–H and O–H groups in total. The van der Waals surface area contributed by atoms with Crippen LogP contribution in [0.15, 0.2) is 41.2 Å². The van der Waals surface area contributed by atoms with Crippen molar-refractivity contribution in [3.05, 3.63) is 69.0 Å². The van der Waals surface area contributed by atoms with E-state index in [0.29, 0.717) is 23.0 Å². The van der Waals surface area contributed by atoms with Crippen LogP contribution < -0.4 is 16.2 Å². The van der Waals surface area contributed by atoms with Crippen LogP contribution in [0.25, 0.3) is 10.9 Å². The lowest BCUT2D eigenvalue weighted by Crippen LogP contribution is -2.37. The molecule has 1 aliphatic rings. The van der Waals surface area contributed by atoms with E-state index in [1.54, 1.807) is 12.1 Å². The average molecular weight is 393 g/mol. The molecule has 2 aromatic carbocycles. The van der Waals surface area contributed by atoms with Crippen LogP contribution in [0.4, 0.5) is 5.69 Å². The number of nitrogens with one attached hydrogen (secondary N) is 3. The maximum Gasteiger partial charge on any atom is 0.248 e. The molecule has 0 bridgehead atoms. The van der Waals surface area contributed by atoms with Gasteiger partial charge in [0.05, 0.1) is 17.8 Å². The van der Waals surface area contributed by atoms with Crippen molar-refractivity contribution in [1.82, 2.24) is 10.3 Å². The number of anilines is 1. The monoisotopic (exact) mass is 393 g/mol. The maximum atomic E-state index is 11.6. The number of H-pyrrole nitrogens is 1. The zero-order chi connectivity index (χ0) is 20.5. The third-order valence-corrected chi connectivity index (χ3v) is 5.76. The predicted octanol–water partition coefficient (Wildman–Crippen LogP) is 2.98. The lowest BCUT2D eigenvalue weighted by atomic mass is 9.98. The number of aliphatic hydroxyl groups excluding tert-OH is 1. The van der Waals surface area contributed by atoms with Gasteiger partial charge in [-0.2, -0.15) is 0 Å². The van der Waals surface area contributed by atoms with Gasteiger partial charge < -0.3 is 20.5 Å². The number of aromatic nitrogens is 1. The van der Waals surface area contributed by atoms with Gasteiger partial charge in [0.1, 0.15) is 5.75 Å². The summed E-state index contributed by atoms with van der Waals surface area (Å²) >= 11 is 0. The first-order chi connectivity index (χ1) is 14.0. The Morgan fingerprint density at radius 3 is 2.66 bits per heavy atom. The van der Waals surface area contributed by atoms with E-state index in [1.165, 1.54) is 34.5 Å². The second kappa shape index (κ2) is 7.89. The first-order valence-corrected chi connectivity index (χ1v) is 10.2. The Labute approximate surface area is 169 Å². The van der Waals surface area contributed by atoms with E-state index >= 15 is 0 Å². The van der Waals surface area contributed by atoms with Crippen LogP contribution in [0.1, 0.15) is 42.2 Å². The van der Waals surface area contributed by atoms with Crippen LogP contribution in [0.2, 0.25) is 0 Å². The number of pyridine rings is 1. The number of aliphatic hydroxyl groups is 1. The highest BCUT2D eigenvalue weighted by Gasteiger charge is 2.23. The summed E-state index contributed by atoms with van der Waals surface area (Å²) in [4.78, 5) is 14.2. The molecule has 1 unspecified atom stereocenters. The second-order valence-corrected chi connectivity index (χ2v) is 7.60. The molecule has 6 heteroatoms. The summed E-state index contributed by atoms with van der Waals surface area (Å²) in [5.41, 5.74) is 5.97. The summed E-state index contributed by atoms with van der Waals surface area (Å²) < 4.78 is 0. The summed E-state index contributed by atoms with van der Waals surface area (Å²) in [6.07, 6.45) is 2.20. The Kier molecular flexibility index (Phi) is 5.30. The Morgan fingerprint density at radius 1 is 1.14 bits per heavy atom. The van der Waals surface area contributed by atoms with Crippen LogP contribution in [0.3, 0.4) is 0 Å². The number of rotatable bonds is 6. The standard InChI is InChI=1S/C23H27N3O3/c1-3-13-9-15-11-21(25-18(15)10-14(13)4-2)24-12-20(28)16-5-7-19(27)23-17(16)6-8-22(29)26-23/h5-10,20-21,24-25,27-28H,3-4,11-12H2,1-2H3,(H,26,29)/t20-,21?/m0/s1. The molecule has 2 heterocycles. The van der Waals surface area contributed by atoms with Crippen molar-refractivity contribution in [3.8, 4) is 5.75 Å². The first kappa shape index (κ1) is 19.5. The van der Waals surface area contributed by atoms with Gasteiger partial charge in [0.2, 0.25) is 5.56 Å². The van der Waals surface area contributed by atoms with Crippen molar-refractivity contribution in [2.75, 3.05) is 11.9 Å². The molecular formula is C23H27N3O3. The molecule has 1 aliphatic heterocycles. The van der Waals surface area contributed by atoms with Gasteiger partial charge in [-0.15, -0.1) is 0 Å². The minimum atomic E-state index is -0.771. The van der Waals surface area contributed by atoms with Gasteiger partial charge in [0, 0.05) is 30.1 Å². The molecule has 0 fully saturated rings. The van der Waals surface area contributed by atoms with E-state index in [0.717, 1.165) is 19.3 Å². The van der Waals surface area contributed by atoms with Crippen molar-refractivity contribution in [2.24, 2.45) is 0 Å². The highest BCUT2D eigenvalue weighted by atomic mass is 16.3. The van der Waals surface area contributed by atoms with E-state index in [-0.39, 0.29) is 17.5 Å². The molecule has 0 aliphatic carbocycles. The van der Waals surface area contributed by atoms with Gasteiger partial charge >= 0.3 is 0 Å². The number of hydrogen-bond acceptors (Lipinski definition) is 5. The van der Waals surface area contributed by atoms with Crippen molar-refractivity contribution >= 4 is 16.6 Å². The van der Waals surface area contributed by atoms with Crippen LogP contribution in [-0.4, -0.2) is 27.9 Å². The van der Waals surface area contributed by atoms with Gasteiger partial charge in [0.15, 0.2) is 0 Å². The molecule has 1 aromatic heterocycles. The molecule has 0 amide bonds. The van der Waals surface area contributed by atoms with Crippen molar-refractivity contribution in [3.63, 3.8) is 0 Å². The minimum Gasteiger partial charge on any atom is -0.506 e. The number of phenols is 1. The first-order valence-electron chi connectivity index (χ1n) is 10.2. The molecule has 6 nitrogen and oxygen atoms in total. The van der Waals surface area contributed by atoms with Crippen molar-refractivity contribution < 1.29 is 10.2 Å². The Morgan fingerprint density at radius 2 is 1.90 bits per heavy atom. The van der Waals surface area contributed by atoms with Crippen LogP contribution in [0.5, 0.6) is 5.75 Å². The summed E-state index contributed by atoms with van der Waals surface area (Å²) in [5, 5.41) is 28.3. The lowest BCUT2D eigenvalue weighted by Gasteiger charge is -2.19. The van der Waals surface area contributed by atoms with Crippen LogP contribution >= 0.6 is 0 Å². The molecule has 152 valence electrons. The molecule has 0 saturated carbocycles. The van der Waals surface area contributed by atoms with Gasteiger partial charge in [-0.05, 0) is 53.3 Å². The van der Waals surface area contributed by atoms with Crippen LogP contribution in [0, 0.1) is 0 Å². The zero-order valence-corrected chi connectivity index (χ0v) is 16.7.